The van der Waals surface area contributed by atoms with Crippen LogP contribution >= 0.6 is 0 Å². The van der Waals surface area contributed by atoms with Crippen LogP contribution in [0.4, 0.5) is 5.69 Å². The van der Waals surface area contributed by atoms with Crippen LogP contribution in [0.3, 0.4) is 0 Å². The minimum absolute atomic E-state index is 0.0595. The van der Waals surface area contributed by atoms with E-state index in [-0.39, 0.29) is 5.91 Å². The van der Waals surface area contributed by atoms with Gasteiger partial charge in [0.1, 0.15) is 0 Å². The first-order valence-corrected chi connectivity index (χ1v) is 8.18. The molecule has 6 heteroatoms. The first-order chi connectivity index (χ1) is 11.6. The molecule has 0 atom stereocenters. The molecule has 0 bridgehead atoms. The highest BCUT2D eigenvalue weighted by molar-refractivity contribution is 5.99. The number of aromatic nitrogens is 2. The predicted molar refractivity (Wildman–Crippen MR) is 94.0 cm³/mol. The van der Waals surface area contributed by atoms with E-state index in [1.54, 1.807) is 12.4 Å². The Hall–Kier alpha value is -2.47. The van der Waals surface area contributed by atoms with Gasteiger partial charge in [-0.2, -0.15) is 0 Å². The fourth-order valence-electron chi connectivity index (χ4n) is 2.94. The average Bonchev–Trinajstić information content (AvgIpc) is 2.62. The maximum Gasteiger partial charge on any atom is 0.257 e. The molecule has 0 saturated carbocycles. The van der Waals surface area contributed by atoms with E-state index in [1.807, 2.05) is 54.4 Å². The highest BCUT2D eigenvalue weighted by Crippen LogP contribution is 2.19. The molecule has 1 amide bonds. The number of anilines is 1. The zero-order valence-electron chi connectivity index (χ0n) is 14.2. The first-order valence-electron chi connectivity index (χ1n) is 8.18. The molecule has 3 rings (SSSR count). The van der Waals surface area contributed by atoms with Crippen LogP contribution in [0.1, 0.15) is 16.1 Å². The Labute approximate surface area is 142 Å². The minimum Gasteiger partial charge on any atom is -0.377 e. The SMILES string of the molecule is CN(C)c1ccncc1C(=O)N1CCN(Cc2ccccn2)CC1. The van der Waals surface area contributed by atoms with Crippen LogP contribution in [0.2, 0.25) is 0 Å². The fourth-order valence-corrected chi connectivity index (χ4v) is 2.94. The largest absolute Gasteiger partial charge is 0.377 e. The van der Waals surface area contributed by atoms with E-state index in [0.717, 1.165) is 44.1 Å². The molecule has 0 N–H and O–H groups in total. The third-order valence-electron chi connectivity index (χ3n) is 4.28. The summed E-state index contributed by atoms with van der Waals surface area (Å²) in [4.78, 5) is 27.5. The monoisotopic (exact) mass is 325 g/mol. The molecule has 126 valence electrons. The number of piperazine rings is 1. The fraction of sp³-hybridized carbons (Fsp3) is 0.389. The van der Waals surface area contributed by atoms with Gasteiger partial charge >= 0.3 is 0 Å². The molecule has 6 nitrogen and oxygen atoms in total. The van der Waals surface area contributed by atoms with Crippen LogP contribution < -0.4 is 4.90 Å². The molecule has 1 aliphatic rings. The maximum atomic E-state index is 12.8. The zero-order valence-corrected chi connectivity index (χ0v) is 14.2. The molecule has 2 aromatic rings. The van der Waals surface area contributed by atoms with Crippen LogP contribution in [0.15, 0.2) is 42.9 Å². The summed E-state index contributed by atoms with van der Waals surface area (Å²) in [7, 11) is 3.88. The Kier molecular flexibility index (Phi) is 5.05. The van der Waals surface area contributed by atoms with Crippen LogP contribution in [0.25, 0.3) is 0 Å². The summed E-state index contributed by atoms with van der Waals surface area (Å²) >= 11 is 0. The molecule has 1 aliphatic heterocycles. The summed E-state index contributed by atoms with van der Waals surface area (Å²) in [5.74, 6) is 0.0595. The Balaban J connectivity index is 1.61. The van der Waals surface area contributed by atoms with Crippen LogP contribution in [0.5, 0.6) is 0 Å². The van der Waals surface area contributed by atoms with E-state index in [1.165, 1.54) is 0 Å². The lowest BCUT2D eigenvalue weighted by Gasteiger charge is -2.35. The molecular formula is C18H23N5O. The number of rotatable bonds is 4. The molecule has 0 aliphatic carbocycles. The maximum absolute atomic E-state index is 12.8. The van der Waals surface area contributed by atoms with E-state index in [0.29, 0.717) is 5.56 Å². The average molecular weight is 325 g/mol. The minimum atomic E-state index is 0.0595. The summed E-state index contributed by atoms with van der Waals surface area (Å²) in [6, 6.07) is 7.85. The summed E-state index contributed by atoms with van der Waals surface area (Å²) in [6.07, 6.45) is 5.20. The molecule has 1 saturated heterocycles. The van der Waals surface area contributed by atoms with Crippen molar-refractivity contribution in [1.82, 2.24) is 19.8 Å². The Morgan fingerprint density at radius 3 is 2.58 bits per heavy atom. The topological polar surface area (TPSA) is 52.6 Å². The second-order valence-corrected chi connectivity index (χ2v) is 6.18. The molecule has 0 unspecified atom stereocenters. The van der Waals surface area contributed by atoms with Gasteiger partial charge in [-0.3, -0.25) is 19.7 Å². The number of hydrogen-bond acceptors (Lipinski definition) is 5. The van der Waals surface area contributed by atoms with Crippen molar-refractivity contribution in [2.24, 2.45) is 0 Å². The van der Waals surface area contributed by atoms with Crippen molar-refractivity contribution < 1.29 is 4.79 Å². The lowest BCUT2D eigenvalue weighted by Crippen LogP contribution is -2.48. The van der Waals surface area contributed by atoms with Crippen molar-refractivity contribution >= 4 is 11.6 Å². The predicted octanol–water partition coefficient (Wildman–Crippen LogP) is 1.50. The molecule has 0 spiro atoms. The van der Waals surface area contributed by atoms with Gasteiger partial charge in [-0.05, 0) is 18.2 Å². The van der Waals surface area contributed by atoms with E-state index < -0.39 is 0 Å². The number of pyridine rings is 2. The molecular weight excluding hydrogens is 302 g/mol. The Morgan fingerprint density at radius 2 is 1.92 bits per heavy atom. The Bertz CT molecular complexity index is 681. The smallest absolute Gasteiger partial charge is 0.257 e. The van der Waals surface area contributed by atoms with Gasteiger partial charge in [-0.25, -0.2) is 0 Å². The van der Waals surface area contributed by atoms with Crippen LogP contribution in [-0.2, 0) is 6.54 Å². The molecule has 2 aromatic heterocycles. The molecule has 1 fully saturated rings. The summed E-state index contributed by atoms with van der Waals surface area (Å²) in [6.45, 7) is 4.01. The Morgan fingerprint density at radius 1 is 1.12 bits per heavy atom. The lowest BCUT2D eigenvalue weighted by molar-refractivity contribution is 0.0627. The highest BCUT2D eigenvalue weighted by atomic mass is 16.2. The van der Waals surface area contributed by atoms with Gasteiger partial charge in [-0.15, -0.1) is 0 Å². The van der Waals surface area contributed by atoms with Gasteiger partial charge in [-0.1, -0.05) is 6.07 Å². The summed E-state index contributed by atoms with van der Waals surface area (Å²) < 4.78 is 0. The summed E-state index contributed by atoms with van der Waals surface area (Å²) in [5.41, 5.74) is 2.64. The van der Waals surface area contributed by atoms with Gasteiger partial charge in [0.05, 0.1) is 16.9 Å². The second-order valence-electron chi connectivity index (χ2n) is 6.18. The first kappa shape index (κ1) is 16.4. The number of nitrogens with zero attached hydrogens (tertiary/aromatic N) is 5. The van der Waals surface area contributed by atoms with Gasteiger partial charge in [0.25, 0.3) is 5.91 Å². The normalized spacial score (nSPS) is 15.3. The molecule has 3 heterocycles. The van der Waals surface area contributed by atoms with Crippen molar-refractivity contribution in [1.29, 1.82) is 0 Å². The van der Waals surface area contributed by atoms with E-state index in [4.69, 9.17) is 0 Å². The quantitative estimate of drug-likeness (QED) is 0.853. The molecule has 0 aromatic carbocycles. The second kappa shape index (κ2) is 7.40. The number of carbonyl (C=O) groups excluding carboxylic acids is 1. The van der Waals surface area contributed by atoms with Gasteiger partial charge in [0, 0.05) is 65.4 Å². The van der Waals surface area contributed by atoms with Crippen LogP contribution in [0, 0.1) is 0 Å². The van der Waals surface area contributed by atoms with Crippen molar-refractivity contribution in [3.63, 3.8) is 0 Å². The van der Waals surface area contributed by atoms with Crippen molar-refractivity contribution in [2.45, 2.75) is 6.54 Å². The van der Waals surface area contributed by atoms with Gasteiger partial charge < -0.3 is 9.80 Å². The zero-order chi connectivity index (χ0) is 16.9. The molecule has 24 heavy (non-hydrogen) atoms. The number of carbonyl (C=O) groups is 1. The number of amides is 1. The summed E-state index contributed by atoms with van der Waals surface area (Å²) in [5, 5.41) is 0. The standard InChI is InChI=1S/C18H23N5O/c1-21(2)17-6-8-19-13-16(17)18(24)23-11-9-22(10-12-23)14-15-5-3-4-7-20-15/h3-8,13H,9-12,14H2,1-2H3. The van der Waals surface area contributed by atoms with Crippen molar-refractivity contribution in [3.8, 4) is 0 Å². The lowest BCUT2D eigenvalue weighted by atomic mass is 10.1. The van der Waals surface area contributed by atoms with Gasteiger partial charge in [0.2, 0.25) is 0 Å². The van der Waals surface area contributed by atoms with E-state index in [9.17, 15) is 4.79 Å². The third-order valence-corrected chi connectivity index (χ3v) is 4.28. The molecule has 0 radical (unpaired) electrons. The van der Waals surface area contributed by atoms with Crippen LogP contribution in [-0.4, -0.2) is 65.9 Å². The number of hydrogen-bond donors (Lipinski definition) is 0. The third kappa shape index (κ3) is 3.71. The highest BCUT2D eigenvalue weighted by Gasteiger charge is 2.24. The van der Waals surface area contributed by atoms with E-state index >= 15 is 0 Å². The van der Waals surface area contributed by atoms with E-state index in [2.05, 4.69) is 14.9 Å². The van der Waals surface area contributed by atoms with Gasteiger partial charge in [0.15, 0.2) is 0 Å². The van der Waals surface area contributed by atoms with Crippen molar-refractivity contribution in [2.75, 3.05) is 45.2 Å². The van der Waals surface area contributed by atoms with Crippen molar-refractivity contribution in [3.05, 3.63) is 54.1 Å².